The zero-order valence-electron chi connectivity index (χ0n) is 11.1. The van der Waals surface area contributed by atoms with E-state index in [1.54, 1.807) is 24.3 Å². The first-order chi connectivity index (χ1) is 8.93. The number of ether oxygens (including phenoxy) is 1. The summed E-state index contributed by atoms with van der Waals surface area (Å²) in [4.78, 5) is 10.4. The van der Waals surface area contributed by atoms with Gasteiger partial charge in [-0.25, -0.2) is 4.79 Å². The van der Waals surface area contributed by atoms with Gasteiger partial charge in [0.15, 0.2) is 0 Å². The lowest BCUT2D eigenvalue weighted by atomic mass is 9.92. The highest BCUT2D eigenvalue weighted by Crippen LogP contribution is 2.20. The lowest BCUT2D eigenvalue weighted by molar-refractivity contribution is -0.131. The molecule has 4 nitrogen and oxygen atoms in total. The molecule has 0 radical (unpaired) electrons. The first-order valence-electron chi connectivity index (χ1n) is 5.98. The summed E-state index contributed by atoms with van der Waals surface area (Å²) in [5, 5.41) is 17.4. The quantitative estimate of drug-likeness (QED) is 0.797. The van der Waals surface area contributed by atoms with Crippen LogP contribution in [0.25, 0.3) is 6.08 Å². The first kappa shape index (κ1) is 14.8. The van der Waals surface area contributed by atoms with E-state index in [0.29, 0.717) is 18.8 Å². The Morgan fingerprint density at radius 3 is 2.58 bits per heavy atom. The van der Waals surface area contributed by atoms with Crippen LogP contribution < -0.4 is 4.74 Å². The Kier molecular flexibility index (Phi) is 5.13. The molecular weight excluding hydrogens is 242 g/mol. The molecule has 0 aliphatic carbocycles. The van der Waals surface area contributed by atoms with Gasteiger partial charge in [0.05, 0.1) is 18.1 Å². The molecule has 100 valence electrons. The second-order valence-electron chi connectivity index (χ2n) is 4.83. The minimum absolute atomic E-state index is 0.385. The average Bonchev–Trinajstić information content (AvgIpc) is 2.37. The SMILES string of the molecule is CC(C)(C#N)CCOc1ccc(C=CC(=O)O)cc1. The van der Waals surface area contributed by atoms with E-state index in [-0.39, 0.29) is 5.41 Å². The van der Waals surface area contributed by atoms with Crippen molar-refractivity contribution in [3.63, 3.8) is 0 Å². The van der Waals surface area contributed by atoms with Crippen molar-refractivity contribution >= 4 is 12.0 Å². The number of rotatable bonds is 6. The maximum atomic E-state index is 10.4. The van der Waals surface area contributed by atoms with Gasteiger partial charge < -0.3 is 9.84 Å². The summed E-state index contributed by atoms with van der Waals surface area (Å²) in [5.74, 6) is -0.264. The van der Waals surface area contributed by atoms with Crippen molar-refractivity contribution in [3.8, 4) is 11.8 Å². The maximum absolute atomic E-state index is 10.4. The zero-order chi connectivity index (χ0) is 14.3. The van der Waals surface area contributed by atoms with Gasteiger partial charge in [-0.1, -0.05) is 12.1 Å². The topological polar surface area (TPSA) is 70.3 Å². The summed E-state index contributed by atoms with van der Waals surface area (Å²) in [6.07, 6.45) is 3.26. The Morgan fingerprint density at radius 2 is 2.05 bits per heavy atom. The number of carbonyl (C=O) groups is 1. The van der Waals surface area contributed by atoms with Crippen LogP contribution in [-0.2, 0) is 4.79 Å². The molecule has 0 spiro atoms. The molecule has 4 heteroatoms. The van der Waals surface area contributed by atoms with Crippen LogP contribution in [0.5, 0.6) is 5.75 Å². The molecule has 0 saturated carbocycles. The molecule has 0 aliphatic rings. The smallest absolute Gasteiger partial charge is 0.328 e. The van der Waals surface area contributed by atoms with Crippen molar-refractivity contribution in [1.82, 2.24) is 0 Å². The molecule has 0 aliphatic heterocycles. The normalized spacial score (nSPS) is 11.2. The van der Waals surface area contributed by atoms with Crippen LogP contribution in [0.3, 0.4) is 0 Å². The molecule has 1 rings (SSSR count). The zero-order valence-corrected chi connectivity index (χ0v) is 11.1. The van der Waals surface area contributed by atoms with Crippen molar-refractivity contribution in [1.29, 1.82) is 5.26 Å². The highest BCUT2D eigenvalue weighted by Gasteiger charge is 2.16. The van der Waals surface area contributed by atoms with E-state index in [0.717, 1.165) is 11.6 Å². The first-order valence-corrected chi connectivity index (χ1v) is 5.98. The van der Waals surface area contributed by atoms with Crippen LogP contribution >= 0.6 is 0 Å². The van der Waals surface area contributed by atoms with Gasteiger partial charge in [0.1, 0.15) is 5.75 Å². The Labute approximate surface area is 112 Å². The fourth-order valence-electron chi connectivity index (χ4n) is 1.32. The van der Waals surface area contributed by atoms with Gasteiger partial charge in [0.2, 0.25) is 0 Å². The lowest BCUT2D eigenvalue weighted by Gasteiger charge is -2.15. The molecule has 0 heterocycles. The van der Waals surface area contributed by atoms with Gasteiger partial charge in [-0.15, -0.1) is 0 Å². The molecule has 0 fully saturated rings. The van der Waals surface area contributed by atoms with Gasteiger partial charge in [-0.2, -0.15) is 5.26 Å². The Hall–Kier alpha value is -2.28. The predicted molar refractivity (Wildman–Crippen MR) is 72.6 cm³/mol. The molecule has 0 atom stereocenters. The molecule has 0 unspecified atom stereocenters. The van der Waals surface area contributed by atoms with Gasteiger partial charge in [-0.3, -0.25) is 0 Å². The predicted octanol–water partition coefficient (Wildman–Crippen LogP) is 3.10. The maximum Gasteiger partial charge on any atom is 0.328 e. The highest BCUT2D eigenvalue weighted by molar-refractivity contribution is 5.85. The third kappa shape index (κ3) is 5.73. The van der Waals surface area contributed by atoms with Gasteiger partial charge >= 0.3 is 5.97 Å². The number of carboxylic acid groups (broad SMARTS) is 1. The van der Waals surface area contributed by atoms with E-state index in [4.69, 9.17) is 15.1 Å². The van der Waals surface area contributed by atoms with Crippen molar-refractivity contribution < 1.29 is 14.6 Å². The van der Waals surface area contributed by atoms with Gasteiger partial charge in [0, 0.05) is 6.08 Å². The molecule has 0 bridgehead atoms. The molecule has 1 aromatic rings. The van der Waals surface area contributed by atoms with Crippen LogP contribution in [0.1, 0.15) is 25.8 Å². The molecule has 19 heavy (non-hydrogen) atoms. The fraction of sp³-hybridized carbons (Fsp3) is 0.333. The van der Waals surface area contributed by atoms with Gasteiger partial charge in [0.25, 0.3) is 0 Å². The van der Waals surface area contributed by atoms with E-state index in [1.165, 1.54) is 6.08 Å². The summed E-state index contributed by atoms with van der Waals surface area (Å²) in [7, 11) is 0. The number of carboxylic acids is 1. The van der Waals surface area contributed by atoms with Crippen LogP contribution in [0, 0.1) is 16.7 Å². The van der Waals surface area contributed by atoms with Gasteiger partial charge in [-0.05, 0) is 44.0 Å². The standard InChI is InChI=1S/C15H17NO3/c1-15(2,11-16)9-10-19-13-6-3-12(4-7-13)5-8-14(17)18/h3-8H,9-10H2,1-2H3,(H,17,18). The van der Waals surface area contributed by atoms with E-state index in [2.05, 4.69) is 6.07 Å². The summed E-state index contributed by atoms with van der Waals surface area (Å²) in [6.45, 7) is 4.22. The second kappa shape index (κ2) is 6.60. The van der Waals surface area contributed by atoms with Crippen molar-refractivity contribution in [2.24, 2.45) is 5.41 Å². The van der Waals surface area contributed by atoms with Crippen LogP contribution in [0.15, 0.2) is 30.3 Å². The van der Waals surface area contributed by atoms with E-state index in [1.807, 2.05) is 13.8 Å². The molecule has 0 amide bonds. The number of hydrogen-bond acceptors (Lipinski definition) is 3. The molecule has 1 aromatic carbocycles. The fourth-order valence-corrected chi connectivity index (χ4v) is 1.32. The third-order valence-corrected chi connectivity index (χ3v) is 2.60. The van der Waals surface area contributed by atoms with Crippen LogP contribution in [0.4, 0.5) is 0 Å². The van der Waals surface area contributed by atoms with Crippen molar-refractivity contribution in [3.05, 3.63) is 35.9 Å². The highest BCUT2D eigenvalue weighted by atomic mass is 16.5. The second-order valence-corrected chi connectivity index (χ2v) is 4.83. The van der Waals surface area contributed by atoms with E-state index in [9.17, 15) is 4.79 Å². The minimum atomic E-state index is -0.973. The van der Waals surface area contributed by atoms with E-state index < -0.39 is 5.97 Å². The minimum Gasteiger partial charge on any atom is -0.494 e. The van der Waals surface area contributed by atoms with Crippen LogP contribution in [0.2, 0.25) is 0 Å². The Balaban J connectivity index is 2.49. The summed E-state index contributed by atoms with van der Waals surface area (Å²) < 4.78 is 5.53. The molecule has 0 aromatic heterocycles. The number of hydrogen-bond donors (Lipinski definition) is 1. The van der Waals surface area contributed by atoms with Crippen molar-refractivity contribution in [2.75, 3.05) is 6.61 Å². The monoisotopic (exact) mass is 259 g/mol. The van der Waals surface area contributed by atoms with Crippen molar-refractivity contribution in [2.45, 2.75) is 20.3 Å². The molecule has 0 saturated heterocycles. The Morgan fingerprint density at radius 1 is 1.42 bits per heavy atom. The van der Waals surface area contributed by atoms with Crippen LogP contribution in [-0.4, -0.2) is 17.7 Å². The number of nitrogens with zero attached hydrogens (tertiary/aromatic N) is 1. The molecule has 1 N–H and O–H groups in total. The molecular formula is C15H17NO3. The number of nitriles is 1. The average molecular weight is 259 g/mol. The number of benzene rings is 1. The largest absolute Gasteiger partial charge is 0.494 e. The Bertz CT molecular complexity index is 495. The summed E-state index contributed by atoms with van der Waals surface area (Å²) >= 11 is 0. The van der Waals surface area contributed by atoms with E-state index >= 15 is 0 Å². The summed E-state index contributed by atoms with van der Waals surface area (Å²) in [6, 6.07) is 9.34. The third-order valence-electron chi connectivity index (χ3n) is 2.60. The summed E-state index contributed by atoms with van der Waals surface area (Å²) in [5.41, 5.74) is 0.413. The lowest BCUT2D eigenvalue weighted by Crippen LogP contribution is -2.13. The number of aliphatic carboxylic acids is 1.